The molecule has 0 bridgehead atoms. The first-order valence-corrected chi connectivity index (χ1v) is 5.64. The SMILES string of the molecule is COc1c(C)cc(CCC(=O)NN)c(C)c1C. The van der Waals surface area contributed by atoms with Gasteiger partial charge in [-0.3, -0.25) is 10.2 Å². The fourth-order valence-electron chi connectivity index (χ4n) is 2.04. The molecule has 4 heteroatoms. The zero-order valence-electron chi connectivity index (χ0n) is 10.9. The highest BCUT2D eigenvalue weighted by atomic mass is 16.5. The molecular formula is C13H20N2O2. The van der Waals surface area contributed by atoms with Gasteiger partial charge >= 0.3 is 0 Å². The van der Waals surface area contributed by atoms with E-state index >= 15 is 0 Å². The average Bonchev–Trinajstić information content (AvgIpc) is 2.32. The first kappa shape index (κ1) is 13.5. The fourth-order valence-corrected chi connectivity index (χ4v) is 2.04. The molecule has 0 fully saturated rings. The van der Waals surface area contributed by atoms with Gasteiger partial charge in [0.15, 0.2) is 0 Å². The minimum Gasteiger partial charge on any atom is -0.496 e. The van der Waals surface area contributed by atoms with Gasteiger partial charge in [-0.1, -0.05) is 6.07 Å². The number of rotatable bonds is 4. The molecule has 3 N–H and O–H groups in total. The predicted molar refractivity (Wildman–Crippen MR) is 67.9 cm³/mol. The van der Waals surface area contributed by atoms with Crippen molar-refractivity contribution in [2.45, 2.75) is 33.6 Å². The van der Waals surface area contributed by atoms with Gasteiger partial charge in [0.2, 0.25) is 5.91 Å². The summed E-state index contributed by atoms with van der Waals surface area (Å²) in [5.74, 6) is 5.84. The Morgan fingerprint density at radius 3 is 2.53 bits per heavy atom. The minimum absolute atomic E-state index is 0.143. The second kappa shape index (κ2) is 5.68. The molecule has 0 radical (unpaired) electrons. The summed E-state index contributed by atoms with van der Waals surface area (Å²) in [5.41, 5.74) is 6.72. The molecule has 0 aliphatic rings. The lowest BCUT2D eigenvalue weighted by Gasteiger charge is -2.15. The van der Waals surface area contributed by atoms with Crippen molar-refractivity contribution < 1.29 is 9.53 Å². The van der Waals surface area contributed by atoms with Crippen LogP contribution in [0.4, 0.5) is 0 Å². The number of methoxy groups -OCH3 is 1. The molecule has 0 aromatic heterocycles. The van der Waals surface area contributed by atoms with Crippen LogP contribution < -0.4 is 16.0 Å². The number of carbonyl (C=O) groups excluding carboxylic acids is 1. The Morgan fingerprint density at radius 1 is 1.35 bits per heavy atom. The van der Waals surface area contributed by atoms with Crippen molar-refractivity contribution in [3.8, 4) is 5.75 Å². The largest absolute Gasteiger partial charge is 0.496 e. The summed E-state index contributed by atoms with van der Waals surface area (Å²) in [4.78, 5) is 11.1. The van der Waals surface area contributed by atoms with E-state index in [-0.39, 0.29) is 5.91 Å². The molecule has 4 nitrogen and oxygen atoms in total. The molecule has 94 valence electrons. The van der Waals surface area contributed by atoms with Crippen LogP contribution in [0.15, 0.2) is 6.07 Å². The highest BCUT2D eigenvalue weighted by molar-refractivity contribution is 5.75. The first-order chi connectivity index (χ1) is 8.01. The molecule has 0 aliphatic carbocycles. The molecule has 0 spiro atoms. The van der Waals surface area contributed by atoms with E-state index in [9.17, 15) is 4.79 Å². The Balaban J connectivity index is 2.98. The van der Waals surface area contributed by atoms with Crippen LogP contribution in [-0.4, -0.2) is 13.0 Å². The van der Waals surface area contributed by atoms with Gasteiger partial charge in [0.25, 0.3) is 0 Å². The smallest absolute Gasteiger partial charge is 0.234 e. The van der Waals surface area contributed by atoms with Crippen molar-refractivity contribution in [1.29, 1.82) is 0 Å². The van der Waals surface area contributed by atoms with Gasteiger partial charge in [0.1, 0.15) is 5.75 Å². The number of amides is 1. The number of aryl methyl sites for hydroxylation is 2. The van der Waals surface area contributed by atoms with Crippen molar-refractivity contribution in [3.05, 3.63) is 28.3 Å². The Bertz CT molecular complexity index is 428. The molecule has 1 amide bonds. The number of hydrogen-bond donors (Lipinski definition) is 2. The van der Waals surface area contributed by atoms with Crippen molar-refractivity contribution in [2.75, 3.05) is 7.11 Å². The van der Waals surface area contributed by atoms with Gasteiger partial charge < -0.3 is 4.74 Å². The molecule has 0 unspecified atom stereocenters. The van der Waals surface area contributed by atoms with Crippen molar-refractivity contribution in [1.82, 2.24) is 5.43 Å². The van der Waals surface area contributed by atoms with E-state index < -0.39 is 0 Å². The Hall–Kier alpha value is -1.55. The Morgan fingerprint density at radius 2 is 2.00 bits per heavy atom. The molecule has 0 saturated carbocycles. The van der Waals surface area contributed by atoms with Gasteiger partial charge in [0, 0.05) is 6.42 Å². The Labute approximate surface area is 102 Å². The highest BCUT2D eigenvalue weighted by Crippen LogP contribution is 2.29. The van der Waals surface area contributed by atoms with Crippen molar-refractivity contribution in [3.63, 3.8) is 0 Å². The molecule has 0 aliphatic heterocycles. The maximum Gasteiger partial charge on any atom is 0.234 e. The minimum atomic E-state index is -0.143. The van der Waals surface area contributed by atoms with Gasteiger partial charge in [-0.15, -0.1) is 0 Å². The number of ether oxygens (including phenoxy) is 1. The molecule has 0 heterocycles. The van der Waals surface area contributed by atoms with Crippen LogP contribution >= 0.6 is 0 Å². The van der Waals surface area contributed by atoms with Crippen molar-refractivity contribution in [2.24, 2.45) is 5.84 Å². The summed E-state index contributed by atoms with van der Waals surface area (Å²) >= 11 is 0. The number of nitrogens with one attached hydrogen (secondary N) is 1. The summed E-state index contributed by atoms with van der Waals surface area (Å²) in [5, 5.41) is 0. The van der Waals surface area contributed by atoms with E-state index in [0.29, 0.717) is 12.8 Å². The van der Waals surface area contributed by atoms with Crippen LogP contribution in [0.5, 0.6) is 5.75 Å². The zero-order valence-corrected chi connectivity index (χ0v) is 10.9. The first-order valence-electron chi connectivity index (χ1n) is 5.64. The average molecular weight is 236 g/mol. The number of benzene rings is 1. The lowest BCUT2D eigenvalue weighted by atomic mass is 9.95. The van der Waals surface area contributed by atoms with Crippen LogP contribution in [0.25, 0.3) is 0 Å². The molecular weight excluding hydrogens is 216 g/mol. The third-order valence-electron chi connectivity index (χ3n) is 3.12. The summed E-state index contributed by atoms with van der Waals surface area (Å²) in [7, 11) is 1.68. The second-order valence-corrected chi connectivity index (χ2v) is 4.20. The Kier molecular flexibility index (Phi) is 4.52. The van der Waals surface area contributed by atoms with E-state index in [1.165, 1.54) is 11.1 Å². The highest BCUT2D eigenvalue weighted by Gasteiger charge is 2.11. The summed E-state index contributed by atoms with van der Waals surface area (Å²) in [6, 6.07) is 2.07. The van der Waals surface area contributed by atoms with Crippen LogP contribution in [0.1, 0.15) is 28.7 Å². The molecule has 1 aromatic rings. The molecule has 0 saturated heterocycles. The lowest BCUT2D eigenvalue weighted by Crippen LogP contribution is -2.30. The summed E-state index contributed by atoms with van der Waals surface area (Å²) in [6.07, 6.45) is 1.10. The topological polar surface area (TPSA) is 64.3 Å². The second-order valence-electron chi connectivity index (χ2n) is 4.20. The van der Waals surface area contributed by atoms with Crippen molar-refractivity contribution >= 4 is 5.91 Å². The summed E-state index contributed by atoms with van der Waals surface area (Å²) < 4.78 is 5.36. The third-order valence-corrected chi connectivity index (χ3v) is 3.12. The maximum atomic E-state index is 11.1. The number of hydrazine groups is 1. The maximum absolute atomic E-state index is 11.1. The van der Waals surface area contributed by atoms with Gasteiger partial charge in [0.05, 0.1) is 7.11 Å². The van der Waals surface area contributed by atoms with Gasteiger partial charge in [-0.25, -0.2) is 5.84 Å². The van der Waals surface area contributed by atoms with E-state index in [2.05, 4.69) is 11.5 Å². The standard InChI is InChI=1S/C13H20N2O2/c1-8-7-11(5-6-12(16)15-14)9(2)10(3)13(8)17-4/h7H,5-6,14H2,1-4H3,(H,15,16). The normalized spacial score (nSPS) is 10.2. The number of carbonyl (C=O) groups is 1. The van der Waals surface area contributed by atoms with Crippen LogP contribution in [0, 0.1) is 20.8 Å². The predicted octanol–water partition coefficient (Wildman–Crippen LogP) is 1.54. The van der Waals surface area contributed by atoms with E-state index in [1.54, 1.807) is 7.11 Å². The van der Waals surface area contributed by atoms with E-state index in [0.717, 1.165) is 16.9 Å². The van der Waals surface area contributed by atoms with Gasteiger partial charge in [-0.2, -0.15) is 0 Å². The number of nitrogens with two attached hydrogens (primary N) is 1. The van der Waals surface area contributed by atoms with Gasteiger partial charge in [-0.05, 0) is 49.4 Å². The summed E-state index contributed by atoms with van der Waals surface area (Å²) in [6.45, 7) is 6.10. The molecule has 1 rings (SSSR count). The van der Waals surface area contributed by atoms with Crippen LogP contribution in [0.3, 0.4) is 0 Å². The molecule has 0 atom stereocenters. The molecule has 1 aromatic carbocycles. The number of hydrogen-bond acceptors (Lipinski definition) is 3. The quantitative estimate of drug-likeness (QED) is 0.473. The van der Waals surface area contributed by atoms with Crippen LogP contribution in [0.2, 0.25) is 0 Å². The fraction of sp³-hybridized carbons (Fsp3) is 0.462. The monoisotopic (exact) mass is 236 g/mol. The van der Waals surface area contributed by atoms with E-state index in [4.69, 9.17) is 10.6 Å². The third kappa shape index (κ3) is 2.97. The molecule has 17 heavy (non-hydrogen) atoms. The zero-order chi connectivity index (χ0) is 13.0. The lowest BCUT2D eigenvalue weighted by molar-refractivity contribution is -0.121. The van der Waals surface area contributed by atoms with E-state index in [1.807, 2.05) is 20.8 Å². The van der Waals surface area contributed by atoms with Crippen LogP contribution in [-0.2, 0) is 11.2 Å².